The molecule has 1 spiro atoms. The number of benzene rings is 2. The van der Waals surface area contributed by atoms with Crippen molar-refractivity contribution in [1.29, 1.82) is 0 Å². The summed E-state index contributed by atoms with van der Waals surface area (Å²) in [6, 6.07) is 5.24. The summed E-state index contributed by atoms with van der Waals surface area (Å²) in [7, 11) is 0. The van der Waals surface area contributed by atoms with Crippen molar-refractivity contribution >= 4 is 53.1 Å². The summed E-state index contributed by atoms with van der Waals surface area (Å²) in [5, 5.41) is 27.6. The summed E-state index contributed by atoms with van der Waals surface area (Å²) in [5.41, 5.74) is -0.190. The Balaban J connectivity index is 0.00000370. The van der Waals surface area contributed by atoms with Crippen LogP contribution in [0.3, 0.4) is 0 Å². The Bertz CT molecular complexity index is 1280. The van der Waals surface area contributed by atoms with Crippen LogP contribution in [0.15, 0.2) is 30.3 Å². The number of carbonyl (C=O) groups is 2. The zero-order valence-electron chi connectivity index (χ0n) is 21.6. The van der Waals surface area contributed by atoms with Gasteiger partial charge in [0.25, 0.3) is 0 Å². The van der Waals surface area contributed by atoms with Crippen LogP contribution in [-0.4, -0.2) is 53.4 Å². The molecule has 2 amide bonds. The van der Waals surface area contributed by atoms with Gasteiger partial charge in [0, 0.05) is 24.2 Å². The van der Waals surface area contributed by atoms with Crippen LogP contribution in [0, 0.1) is 17.6 Å². The van der Waals surface area contributed by atoms with Gasteiger partial charge in [-0.2, -0.15) is 0 Å². The summed E-state index contributed by atoms with van der Waals surface area (Å²) in [4.78, 5) is 27.8. The number of halogens is 5. The molecular weight excluding hydrogens is 587 g/mol. The maximum Gasteiger partial charge on any atom is 0.237 e. The van der Waals surface area contributed by atoms with Crippen LogP contribution in [-0.2, 0) is 15.0 Å². The number of amides is 2. The van der Waals surface area contributed by atoms with E-state index in [1.165, 1.54) is 30.3 Å². The molecule has 2 aliphatic heterocycles. The second-order valence-corrected chi connectivity index (χ2v) is 11.6. The number of aliphatic hydroxyl groups is 2. The molecule has 0 radical (unpaired) electrons. The summed E-state index contributed by atoms with van der Waals surface area (Å²) in [5.74, 6) is -2.72. The minimum absolute atomic E-state index is 0. The average molecular weight is 619 g/mol. The number of aliphatic hydroxyl groups excluding tert-OH is 2. The first-order chi connectivity index (χ1) is 18.7. The Labute approximate surface area is 247 Å². The molecule has 5 N–H and O–H groups in total. The number of fused-ring (bicyclic) bond motifs is 2. The van der Waals surface area contributed by atoms with Crippen molar-refractivity contribution < 1.29 is 28.6 Å². The Morgan fingerprint density at radius 1 is 1.12 bits per heavy atom. The molecule has 2 aromatic carbocycles. The van der Waals surface area contributed by atoms with Crippen LogP contribution in [0.5, 0.6) is 0 Å². The van der Waals surface area contributed by atoms with E-state index in [0.29, 0.717) is 29.2 Å². The number of nitrogens with one attached hydrogen (secondary N) is 3. The predicted octanol–water partition coefficient (Wildman–Crippen LogP) is 4.45. The molecule has 2 fully saturated rings. The third-order valence-corrected chi connectivity index (χ3v) is 9.08. The van der Waals surface area contributed by atoms with E-state index in [9.17, 15) is 23.5 Å². The van der Waals surface area contributed by atoms with E-state index in [2.05, 4.69) is 16.0 Å². The molecular formula is C28H32Cl3F2N3O4. The second kappa shape index (κ2) is 12.5. The van der Waals surface area contributed by atoms with Gasteiger partial charge in [-0.1, -0.05) is 55.0 Å². The van der Waals surface area contributed by atoms with Crippen LogP contribution in [0.1, 0.15) is 55.6 Å². The van der Waals surface area contributed by atoms with Crippen molar-refractivity contribution in [2.24, 2.45) is 5.92 Å². The van der Waals surface area contributed by atoms with E-state index >= 15 is 0 Å². The minimum atomic E-state index is -1.41. The molecule has 2 heterocycles. The number of hydrogen-bond acceptors (Lipinski definition) is 5. The Hall–Kier alpha value is -2.01. The molecule has 0 unspecified atom stereocenters. The van der Waals surface area contributed by atoms with Gasteiger partial charge in [-0.3, -0.25) is 9.59 Å². The quantitative estimate of drug-likeness (QED) is 0.300. The Morgan fingerprint density at radius 3 is 2.50 bits per heavy atom. The van der Waals surface area contributed by atoms with E-state index in [1.54, 1.807) is 0 Å². The average Bonchev–Trinajstić information content (AvgIpc) is 3.60. The molecule has 3 aliphatic rings. The monoisotopic (exact) mass is 617 g/mol. The number of carbonyl (C=O) groups excluding carboxylic acids is 2. The SMILES string of the molecule is Cl.O=C(NCC[C@H](O)CO)[C@@H]1N[C@H](CC2CCCC2)[C@]2(C(=O)Nc3cc(Cl)c(F)cc32)[C@H]1c1ccc(F)c(Cl)c1. The van der Waals surface area contributed by atoms with E-state index in [4.69, 9.17) is 28.3 Å². The topological polar surface area (TPSA) is 111 Å². The van der Waals surface area contributed by atoms with Gasteiger partial charge in [-0.05, 0) is 54.2 Å². The highest BCUT2D eigenvalue weighted by molar-refractivity contribution is 6.31. The van der Waals surface area contributed by atoms with Crippen LogP contribution in [0.25, 0.3) is 0 Å². The molecule has 12 heteroatoms. The Morgan fingerprint density at radius 2 is 1.82 bits per heavy atom. The fraction of sp³-hybridized carbons (Fsp3) is 0.500. The number of hydrogen-bond donors (Lipinski definition) is 5. The molecule has 1 saturated heterocycles. The van der Waals surface area contributed by atoms with Crippen molar-refractivity contribution in [2.75, 3.05) is 18.5 Å². The van der Waals surface area contributed by atoms with E-state index in [0.717, 1.165) is 25.7 Å². The second-order valence-electron chi connectivity index (χ2n) is 10.8. The molecule has 1 aliphatic carbocycles. The minimum Gasteiger partial charge on any atom is -0.394 e. The first-order valence-corrected chi connectivity index (χ1v) is 14.0. The van der Waals surface area contributed by atoms with Gasteiger partial charge in [0.2, 0.25) is 11.8 Å². The summed E-state index contributed by atoms with van der Waals surface area (Å²) in [6.45, 7) is -0.352. The molecule has 40 heavy (non-hydrogen) atoms. The summed E-state index contributed by atoms with van der Waals surface area (Å²) in [6.07, 6.45) is 3.84. The van der Waals surface area contributed by atoms with Gasteiger partial charge in [0.05, 0.1) is 28.8 Å². The Kier molecular flexibility index (Phi) is 9.64. The van der Waals surface area contributed by atoms with E-state index < -0.39 is 59.6 Å². The van der Waals surface area contributed by atoms with Gasteiger partial charge < -0.3 is 26.2 Å². The third-order valence-electron chi connectivity index (χ3n) is 8.50. The van der Waals surface area contributed by atoms with Crippen LogP contribution < -0.4 is 16.0 Å². The first-order valence-electron chi connectivity index (χ1n) is 13.2. The lowest BCUT2D eigenvalue weighted by Crippen LogP contribution is -2.49. The third kappa shape index (κ3) is 5.44. The molecule has 5 rings (SSSR count). The molecule has 0 bridgehead atoms. The molecule has 7 nitrogen and oxygen atoms in total. The lowest BCUT2D eigenvalue weighted by atomic mass is 9.63. The van der Waals surface area contributed by atoms with Crippen molar-refractivity contribution in [3.05, 3.63) is 63.1 Å². The smallest absolute Gasteiger partial charge is 0.237 e. The largest absolute Gasteiger partial charge is 0.394 e. The van der Waals surface area contributed by atoms with Gasteiger partial charge in [-0.15, -0.1) is 12.4 Å². The molecule has 0 aromatic heterocycles. The highest BCUT2D eigenvalue weighted by Crippen LogP contribution is 2.57. The predicted molar refractivity (Wildman–Crippen MR) is 151 cm³/mol. The molecule has 1 saturated carbocycles. The molecule has 218 valence electrons. The highest BCUT2D eigenvalue weighted by Gasteiger charge is 2.65. The normalized spacial score (nSPS) is 26.4. The van der Waals surface area contributed by atoms with E-state index in [1.807, 2.05) is 0 Å². The van der Waals surface area contributed by atoms with Crippen molar-refractivity contribution in [3.8, 4) is 0 Å². The van der Waals surface area contributed by atoms with Gasteiger partial charge in [-0.25, -0.2) is 8.78 Å². The van der Waals surface area contributed by atoms with Gasteiger partial charge in [0.15, 0.2) is 0 Å². The highest BCUT2D eigenvalue weighted by atomic mass is 35.5. The van der Waals surface area contributed by atoms with Crippen LogP contribution in [0.2, 0.25) is 10.0 Å². The van der Waals surface area contributed by atoms with E-state index in [-0.39, 0.29) is 35.4 Å². The number of rotatable bonds is 8. The van der Waals surface area contributed by atoms with Crippen LogP contribution in [0.4, 0.5) is 14.5 Å². The van der Waals surface area contributed by atoms with Crippen molar-refractivity contribution in [3.63, 3.8) is 0 Å². The van der Waals surface area contributed by atoms with Crippen molar-refractivity contribution in [2.45, 2.75) is 68.0 Å². The molecule has 5 atom stereocenters. The lowest BCUT2D eigenvalue weighted by molar-refractivity contribution is -0.124. The van der Waals surface area contributed by atoms with Gasteiger partial charge in [0.1, 0.15) is 17.0 Å². The first kappa shape index (κ1) is 30.9. The zero-order chi connectivity index (χ0) is 27.9. The number of anilines is 1. The fourth-order valence-electron chi connectivity index (χ4n) is 6.70. The summed E-state index contributed by atoms with van der Waals surface area (Å²) < 4.78 is 29.2. The summed E-state index contributed by atoms with van der Waals surface area (Å²) >= 11 is 12.3. The van der Waals surface area contributed by atoms with Gasteiger partial charge >= 0.3 is 0 Å². The van der Waals surface area contributed by atoms with Crippen molar-refractivity contribution in [1.82, 2.24) is 10.6 Å². The maximum absolute atomic E-state index is 15.0. The fourth-order valence-corrected chi connectivity index (χ4v) is 7.06. The standard InChI is InChI=1S/C28H31Cl2F2N3O4.ClH/c29-18-10-15(5-6-20(18)31)24-25(26(38)33-8-7-16(37)13-36)35-23(9-14-3-1-2-4-14)28(24)17-11-21(32)19(30)12-22(17)34-27(28)39;/h5-6,10-12,14,16,23-25,35-37H,1-4,7-9,13H2,(H,33,38)(H,34,39);1H/t16-,23+,24-,25+,28-;/m0./s1. The lowest BCUT2D eigenvalue weighted by Gasteiger charge is -2.36. The maximum atomic E-state index is 15.0. The van der Waals surface area contributed by atoms with Crippen LogP contribution >= 0.6 is 35.6 Å². The zero-order valence-corrected chi connectivity index (χ0v) is 23.9. The molecule has 2 aromatic rings.